The number of carbonyl (C=O) groups is 4. The number of pyridine rings is 2. The molecule has 0 aromatic carbocycles. The van der Waals surface area contributed by atoms with E-state index in [1.54, 1.807) is 18.2 Å². The molecule has 2 aromatic heterocycles. The lowest BCUT2D eigenvalue weighted by Crippen LogP contribution is -2.71. The van der Waals surface area contributed by atoms with E-state index in [-0.39, 0.29) is 29.0 Å². The number of amides is 3. The highest BCUT2D eigenvalue weighted by Gasteiger charge is 2.54. The lowest BCUT2D eigenvalue weighted by molar-refractivity contribution is -0.689. The van der Waals surface area contributed by atoms with Gasteiger partial charge in [0.1, 0.15) is 34.7 Å². The lowest BCUT2D eigenvalue weighted by Gasteiger charge is -2.49. The fourth-order valence-electron chi connectivity index (χ4n) is 4.81. The van der Waals surface area contributed by atoms with Crippen molar-refractivity contribution in [3.63, 3.8) is 0 Å². The van der Waals surface area contributed by atoms with Crippen molar-refractivity contribution in [1.29, 1.82) is 0 Å². The van der Waals surface area contributed by atoms with Crippen LogP contribution in [-0.4, -0.2) is 68.2 Å². The first-order chi connectivity index (χ1) is 19.0. The molecule has 2 atom stereocenters. The Morgan fingerprint density at radius 2 is 1.97 bits per heavy atom. The van der Waals surface area contributed by atoms with Crippen LogP contribution in [-0.2, 0) is 30.6 Å². The fourth-order valence-corrected chi connectivity index (χ4v) is 6.14. The minimum Gasteiger partial charge on any atom is -0.477 e. The van der Waals surface area contributed by atoms with Gasteiger partial charge in [0.15, 0.2) is 24.7 Å². The maximum Gasteiger partial charge on any atom is 0.352 e. The number of fused-ring (bicyclic) bond motifs is 1. The van der Waals surface area contributed by atoms with E-state index in [1.807, 2.05) is 35.2 Å². The second-order valence-corrected chi connectivity index (χ2v) is 10.4. The van der Waals surface area contributed by atoms with Crippen molar-refractivity contribution >= 4 is 47.5 Å². The van der Waals surface area contributed by atoms with Gasteiger partial charge in [0.2, 0.25) is 6.41 Å². The summed E-state index contributed by atoms with van der Waals surface area (Å²) >= 11 is 1.39. The Kier molecular flexibility index (Phi) is 7.87. The van der Waals surface area contributed by atoms with Gasteiger partial charge in [0.05, 0.1) is 0 Å². The molecule has 3 amide bonds. The highest BCUT2D eigenvalue weighted by atomic mass is 32.2. The van der Waals surface area contributed by atoms with Crippen LogP contribution in [0.5, 0.6) is 0 Å². The molecule has 12 nitrogen and oxygen atoms in total. The van der Waals surface area contributed by atoms with Crippen LogP contribution in [0.3, 0.4) is 0 Å². The van der Waals surface area contributed by atoms with Crippen molar-refractivity contribution < 1.29 is 33.7 Å². The molecule has 0 spiro atoms. The summed E-state index contributed by atoms with van der Waals surface area (Å²) in [4.78, 5) is 60.8. The number of oxime groups is 1. The molecule has 1 unspecified atom stereocenters. The molecule has 0 radical (unpaired) electrons. The van der Waals surface area contributed by atoms with Gasteiger partial charge in [-0.25, -0.2) is 14.3 Å². The minimum absolute atomic E-state index is 0.0571. The molecule has 3 N–H and O–H groups in total. The fraction of sp³-hybridized carbons (Fsp3) is 0.346. The average molecular weight is 552 g/mol. The van der Waals surface area contributed by atoms with Crippen LogP contribution in [0, 0.1) is 0 Å². The first-order valence-corrected chi connectivity index (χ1v) is 13.6. The second-order valence-electron chi connectivity index (χ2n) is 9.29. The monoisotopic (exact) mass is 551 g/mol. The first kappa shape index (κ1) is 26.4. The molecule has 202 valence electrons. The summed E-state index contributed by atoms with van der Waals surface area (Å²) in [7, 11) is 0. The summed E-state index contributed by atoms with van der Waals surface area (Å²) in [6, 6.07) is 9.32. The number of hydrogen-bond donors (Lipinski definition) is 3. The molecule has 5 rings (SSSR count). The third-order valence-electron chi connectivity index (χ3n) is 6.70. The van der Waals surface area contributed by atoms with E-state index < -0.39 is 29.2 Å². The van der Waals surface area contributed by atoms with Crippen LogP contribution in [0.1, 0.15) is 31.4 Å². The number of carboxylic acids is 1. The first-order valence-electron chi connectivity index (χ1n) is 12.5. The van der Waals surface area contributed by atoms with Crippen LogP contribution in [0.2, 0.25) is 0 Å². The van der Waals surface area contributed by atoms with E-state index in [2.05, 4.69) is 20.8 Å². The Hall–Kier alpha value is -4.26. The summed E-state index contributed by atoms with van der Waals surface area (Å²) in [5.74, 6) is -1.79. The molecule has 39 heavy (non-hydrogen) atoms. The largest absolute Gasteiger partial charge is 0.477 e. The van der Waals surface area contributed by atoms with Gasteiger partial charge in [-0.1, -0.05) is 17.3 Å². The van der Waals surface area contributed by atoms with Crippen LogP contribution in [0.4, 0.5) is 5.82 Å². The van der Waals surface area contributed by atoms with E-state index in [9.17, 15) is 24.3 Å². The number of nitrogens with zero attached hydrogens (tertiary/aromatic N) is 4. The summed E-state index contributed by atoms with van der Waals surface area (Å²) < 4.78 is 1.84. The van der Waals surface area contributed by atoms with Crippen molar-refractivity contribution in [3.05, 3.63) is 65.8 Å². The highest BCUT2D eigenvalue weighted by molar-refractivity contribution is 8.00. The molecule has 1 saturated carbocycles. The van der Waals surface area contributed by atoms with Crippen LogP contribution in [0.25, 0.3) is 0 Å². The summed E-state index contributed by atoms with van der Waals surface area (Å²) in [6.07, 6.45) is 7.66. The van der Waals surface area contributed by atoms with Crippen molar-refractivity contribution in [2.45, 2.75) is 49.7 Å². The van der Waals surface area contributed by atoms with Gasteiger partial charge in [-0.2, -0.15) is 0 Å². The number of carbonyl (C=O) groups excluding carboxylic acids is 3. The Balaban J connectivity index is 1.36. The molecule has 0 bridgehead atoms. The van der Waals surface area contributed by atoms with Gasteiger partial charge in [0.25, 0.3) is 11.8 Å². The zero-order valence-electron chi connectivity index (χ0n) is 20.9. The molecule has 1 saturated heterocycles. The SMILES string of the molecule is O=CNc1cccc(/C(=N/OC2CCCC2)C(=O)NC2C(=O)N3C(C(=O)O)=C(C[n+]4ccccc4)CS[C@H]23)n1. The molecule has 1 aliphatic carbocycles. The van der Waals surface area contributed by atoms with E-state index in [0.29, 0.717) is 24.3 Å². The predicted molar refractivity (Wildman–Crippen MR) is 140 cm³/mol. The van der Waals surface area contributed by atoms with Crippen LogP contribution < -0.4 is 15.2 Å². The molecule has 13 heteroatoms. The van der Waals surface area contributed by atoms with E-state index in [1.165, 1.54) is 16.7 Å². The van der Waals surface area contributed by atoms with Crippen molar-refractivity contribution in [2.24, 2.45) is 5.16 Å². The number of rotatable bonds is 10. The molecular weight excluding hydrogens is 524 g/mol. The molecule has 3 aliphatic rings. The molecule has 2 aromatic rings. The average Bonchev–Trinajstić information content (AvgIpc) is 3.46. The van der Waals surface area contributed by atoms with Crippen molar-refractivity contribution in [2.75, 3.05) is 11.1 Å². The number of nitrogens with one attached hydrogen (secondary N) is 2. The molecule has 4 heterocycles. The maximum atomic E-state index is 13.4. The van der Waals surface area contributed by atoms with Crippen molar-refractivity contribution in [1.82, 2.24) is 15.2 Å². The highest BCUT2D eigenvalue weighted by Crippen LogP contribution is 2.40. The maximum absolute atomic E-state index is 13.4. The van der Waals surface area contributed by atoms with Crippen LogP contribution >= 0.6 is 11.8 Å². The Morgan fingerprint density at radius 1 is 1.21 bits per heavy atom. The standard InChI is InChI=1S/C26H26N6O6S/c33-15-27-19-10-6-9-18(28-19)20(30-38-17-7-2-3-8-17)23(34)29-21-24(35)32-22(26(36)37)16(14-39-25(21)32)13-31-11-4-1-5-12-31/h1,4-6,9-12,15,17,21,25H,2-3,7-8,13-14H2,(H2-,27,28,29,33,34,36,37)/p+1/b30-20-/t21?,25-/m1/s1. The van der Waals surface area contributed by atoms with Crippen LogP contribution in [0.15, 0.2) is 65.2 Å². The predicted octanol–water partition coefficient (Wildman–Crippen LogP) is 1.04. The number of carboxylic acid groups (broad SMARTS) is 1. The lowest BCUT2D eigenvalue weighted by atomic mass is 10.0. The van der Waals surface area contributed by atoms with Gasteiger partial charge < -0.3 is 20.6 Å². The Morgan fingerprint density at radius 3 is 2.69 bits per heavy atom. The second kappa shape index (κ2) is 11.6. The smallest absolute Gasteiger partial charge is 0.352 e. The topological polar surface area (TPSA) is 154 Å². The quantitative estimate of drug-likeness (QED) is 0.130. The van der Waals surface area contributed by atoms with Gasteiger partial charge in [0, 0.05) is 23.5 Å². The molecule has 2 fully saturated rings. The number of hydrogen-bond acceptors (Lipinski definition) is 8. The number of aliphatic carboxylic acids is 1. The molecular formula is C26H27N6O6S+. The third-order valence-corrected chi connectivity index (χ3v) is 8.04. The van der Waals surface area contributed by atoms with Gasteiger partial charge in [-0.15, -0.1) is 11.8 Å². The number of thioether (sulfide) groups is 1. The van der Waals surface area contributed by atoms with E-state index in [0.717, 1.165) is 25.7 Å². The summed E-state index contributed by atoms with van der Waals surface area (Å²) in [6.45, 7) is 0.329. The van der Waals surface area contributed by atoms with Gasteiger partial charge >= 0.3 is 5.97 Å². The Bertz CT molecular complexity index is 1340. The zero-order chi connectivity index (χ0) is 27.4. The zero-order valence-corrected chi connectivity index (χ0v) is 21.7. The van der Waals surface area contributed by atoms with Gasteiger partial charge in [-0.05, 0) is 37.8 Å². The summed E-state index contributed by atoms with van der Waals surface area (Å²) in [5, 5.41) is 18.6. The number of aromatic nitrogens is 2. The number of β-lactam (4-membered cyclic amide) rings is 1. The summed E-state index contributed by atoms with van der Waals surface area (Å²) in [5.41, 5.74) is 0.566. The normalized spacial score (nSPS) is 21.2. The Labute approximate surface area is 228 Å². The number of anilines is 1. The van der Waals surface area contributed by atoms with Gasteiger partial charge in [-0.3, -0.25) is 19.3 Å². The van der Waals surface area contributed by atoms with E-state index >= 15 is 0 Å². The third kappa shape index (κ3) is 5.62. The van der Waals surface area contributed by atoms with E-state index in [4.69, 9.17) is 4.84 Å². The molecule has 2 aliphatic heterocycles. The van der Waals surface area contributed by atoms with Crippen molar-refractivity contribution in [3.8, 4) is 0 Å². The minimum atomic E-state index is -1.19.